The Kier molecular flexibility index (Phi) is 4.52. The van der Waals surface area contributed by atoms with Crippen LogP contribution in [0.4, 0.5) is 39.5 Å². The van der Waals surface area contributed by atoms with E-state index in [0.717, 1.165) is 6.92 Å². The molecule has 0 bridgehead atoms. The fraction of sp³-hybridized carbons (Fsp3) is 0.267. The minimum atomic E-state index is -5.14. The molecule has 0 radical (unpaired) electrons. The van der Waals surface area contributed by atoms with E-state index in [-0.39, 0.29) is 6.07 Å². The van der Waals surface area contributed by atoms with E-state index >= 15 is 0 Å². The predicted octanol–water partition coefficient (Wildman–Crippen LogP) is 6.11. The predicted molar refractivity (Wildman–Crippen MR) is 69.4 cm³/mol. The van der Waals surface area contributed by atoms with Crippen molar-refractivity contribution < 1.29 is 39.5 Å². The molecule has 1 heterocycles. The van der Waals surface area contributed by atoms with Crippen molar-refractivity contribution in [2.75, 3.05) is 0 Å². The molecular formula is C15H8F9N. The lowest BCUT2D eigenvalue weighted by Crippen LogP contribution is -2.13. The van der Waals surface area contributed by atoms with Crippen molar-refractivity contribution in [2.45, 2.75) is 25.5 Å². The summed E-state index contributed by atoms with van der Waals surface area (Å²) in [6.45, 7) is 0.948. The standard InChI is InChI=1S/C15H8F9N/c1-7-10(14(19,20)21)4-5-12(25-7)9-3-2-8(13(16,17)18)6-11(9)15(22,23)24/h2-6H,1H3. The number of rotatable bonds is 1. The number of alkyl halides is 9. The molecule has 10 heteroatoms. The molecule has 0 aliphatic rings. The molecule has 0 amide bonds. The van der Waals surface area contributed by atoms with Crippen molar-refractivity contribution in [1.29, 1.82) is 0 Å². The zero-order chi connectivity index (χ0) is 19.2. The van der Waals surface area contributed by atoms with Crippen LogP contribution in [0, 0.1) is 6.92 Å². The van der Waals surface area contributed by atoms with E-state index in [2.05, 4.69) is 4.98 Å². The molecule has 25 heavy (non-hydrogen) atoms. The molecule has 2 aromatic rings. The number of hydrogen-bond acceptors (Lipinski definition) is 1. The van der Waals surface area contributed by atoms with Crippen molar-refractivity contribution in [3.05, 3.63) is 52.7 Å². The van der Waals surface area contributed by atoms with Gasteiger partial charge in [0, 0.05) is 5.56 Å². The quantitative estimate of drug-likeness (QED) is 0.550. The molecule has 0 spiro atoms. The summed E-state index contributed by atoms with van der Waals surface area (Å²) < 4.78 is 115. The first-order chi connectivity index (χ1) is 11.2. The van der Waals surface area contributed by atoms with Gasteiger partial charge in [0.2, 0.25) is 0 Å². The molecule has 0 fully saturated rings. The fourth-order valence-corrected chi connectivity index (χ4v) is 2.19. The second-order valence-corrected chi connectivity index (χ2v) is 5.08. The van der Waals surface area contributed by atoms with Gasteiger partial charge in [-0.15, -0.1) is 0 Å². The Morgan fingerprint density at radius 2 is 1.24 bits per heavy atom. The number of hydrogen-bond donors (Lipinski definition) is 0. The van der Waals surface area contributed by atoms with E-state index in [4.69, 9.17) is 0 Å². The van der Waals surface area contributed by atoms with Gasteiger partial charge in [-0.25, -0.2) is 0 Å². The van der Waals surface area contributed by atoms with Crippen LogP contribution in [0.3, 0.4) is 0 Å². The van der Waals surface area contributed by atoms with Gasteiger partial charge in [0.15, 0.2) is 0 Å². The van der Waals surface area contributed by atoms with Crippen LogP contribution < -0.4 is 0 Å². The average molecular weight is 373 g/mol. The highest BCUT2D eigenvalue weighted by Crippen LogP contribution is 2.41. The summed E-state index contributed by atoms with van der Waals surface area (Å²) in [5, 5.41) is 0. The Morgan fingerprint density at radius 3 is 1.68 bits per heavy atom. The van der Waals surface area contributed by atoms with Gasteiger partial charge in [0.05, 0.1) is 28.1 Å². The van der Waals surface area contributed by atoms with E-state index in [9.17, 15) is 39.5 Å². The van der Waals surface area contributed by atoms with Crippen molar-refractivity contribution in [2.24, 2.45) is 0 Å². The summed E-state index contributed by atoms with van der Waals surface area (Å²) in [6, 6.07) is 2.09. The van der Waals surface area contributed by atoms with E-state index in [1.807, 2.05) is 0 Å². The maximum atomic E-state index is 13.1. The Balaban J connectivity index is 2.65. The van der Waals surface area contributed by atoms with Crippen molar-refractivity contribution >= 4 is 0 Å². The maximum absolute atomic E-state index is 13.1. The van der Waals surface area contributed by atoms with Gasteiger partial charge in [-0.05, 0) is 31.2 Å². The van der Waals surface area contributed by atoms with Crippen molar-refractivity contribution in [3.8, 4) is 11.3 Å². The third kappa shape index (κ3) is 4.05. The second kappa shape index (κ2) is 5.92. The monoisotopic (exact) mass is 373 g/mol. The largest absolute Gasteiger partial charge is 0.418 e. The number of aromatic nitrogens is 1. The Morgan fingerprint density at radius 1 is 0.680 bits per heavy atom. The minimum absolute atomic E-state index is 0.0932. The molecular weight excluding hydrogens is 365 g/mol. The maximum Gasteiger partial charge on any atom is 0.418 e. The summed E-state index contributed by atoms with van der Waals surface area (Å²) in [5.41, 5.74) is -6.13. The zero-order valence-corrected chi connectivity index (χ0v) is 12.2. The first kappa shape index (κ1) is 19.1. The smallest absolute Gasteiger partial charge is 0.252 e. The number of nitrogens with zero attached hydrogens (tertiary/aromatic N) is 1. The lowest BCUT2D eigenvalue weighted by atomic mass is 9.99. The third-order valence-corrected chi connectivity index (χ3v) is 3.32. The number of benzene rings is 1. The first-order valence-corrected chi connectivity index (χ1v) is 6.55. The van der Waals surface area contributed by atoms with Gasteiger partial charge in [-0.1, -0.05) is 6.07 Å². The summed E-state index contributed by atoms with van der Waals surface area (Å²) in [5.74, 6) is 0. The van der Waals surface area contributed by atoms with Gasteiger partial charge >= 0.3 is 18.5 Å². The first-order valence-electron chi connectivity index (χ1n) is 6.55. The molecule has 0 unspecified atom stereocenters. The minimum Gasteiger partial charge on any atom is -0.252 e. The van der Waals surface area contributed by atoms with Crippen molar-refractivity contribution in [1.82, 2.24) is 4.98 Å². The SMILES string of the molecule is Cc1nc(-c2ccc(C(F)(F)F)cc2C(F)(F)F)ccc1C(F)(F)F. The third-order valence-electron chi connectivity index (χ3n) is 3.32. The lowest BCUT2D eigenvalue weighted by molar-refractivity contribution is -0.143. The van der Waals surface area contributed by atoms with Crippen LogP contribution in [-0.2, 0) is 18.5 Å². The summed E-state index contributed by atoms with van der Waals surface area (Å²) in [7, 11) is 0. The van der Waals surface area contributed by atoms with Gasteiger partial charge in [-0.2, -0.15) is 39.5 Å². The Bertz CT molecular complexity index is 785. The van der Waals surface area contributed by atoms with Crippen LogP contribution in [0.15, 0.2) is 30.3 Å². The van der Waals surface area contributed by atoms with Gasteiger partial charge in [0.25, 0.3) is 0 Å². The Labute approximate surface area is 135 Å². The van der Waals surface area contributed by atoms with Crippen LogP contribution >= 0.6 is 0 Å². The van der Waals surface area contributed by atoms with E-state index in [1.54, 1.807) is 0 Å². The van der Waals surface area contributed by atoms with Crippen molar-refractivity contribution in [3.63, 3.8) is 0 Å². The molecule has 0 N–H and O–H groups in total. The highest BCUT2D eigenvalue weighted by Gasteiger charge is 2.39. The highest BCUT2D eigenvalue weighted by molar-refractivity contribution is 5.66. The molecule has 0 saturated heterocycles. The van der Waals surface area contributed by atoms with Gasteiger partial charge in [0.1, 0.15) is 0 Å². The van der Waals surface area contributed by atoms with Crippen LogP contribution in [0.1, 0.15) is 22.4 Å². The lowest BCUT2D eigenvalue weighted by Gasteiger charge is -2.17. The molecule has 0 atom stereocenters. The second-order valence-electron chi connectivity index (χ2n) is 5.08. The molecule has 136 valence electrons. The topological polar surface area (TPSA) is 12.9 Å². The molecule has 1 nitrogen and oxygen atoms in total. The summed E-state index contributed by atoms with van der Waals surface area (Å²) >= 11 is 0. The molecule has 2 rings (SSSR count). The molecule has 0 aliphatic carbocycles. The molecule has 1 aromatic heterocycles. The number of halogens is 9. The molecule has 1 aromatic carbocycles. The van der Waals surface area contributed by atoms with E-state index < -0.39 is 52.2 Å². The summed E-state index contributed by atoms with van der Waals surface area (Å²) in [4.78, 5) is 3.47. The fourth-order valence-electron chi connectivity index (χ4n) is 2.19. The van der Waals surface area contributed by atoms with Crippen LogP contribution in [0.5, 0.6) is 0 Å². The Hall–Kier alpha value is -2.26. The van der Waals surface area contributed by atoms with Crippen LogP contribution in [0.2, 0.25) is 0 Å². The summed E-state index contributed by atoms with van der Waals surface area (Å²) in [6.07, 6.45) is -14.9. The zero-order valence-electron chi connectivity index (χ0n) is 12.2. The van der Waals surface area contributed by atoms with E-state index in [0.29, 0.717) is 24.3 Å². The average Bonchev–Trinajstić information content (AvgIpc) is 2.43. The van der Waals surface area contributed by atoms with Gasteiger partial charge in [-0.3, -0.25) is 4.98 Å². The molecule has 0 saturated carbocycles. The van der Waals surface area contributed by atoms with E-state index in [1.165, 1.54) is 0 Å². The number of aryl methyl sites for hydroxylation is 1. The normalized spacial score (nSPS) is 13.2. The highest BCUT2D eigenvalue weighted by atomic mass is 19.4. The van der Waals surface area contributed by atoms with Crippen LogP contribution in [-0.4, -0.2) is 4.98 Å². The van der Waals surface area contributed by atoms with Crippen LogP contribution in [0.25, 0.3) is 11.3 Å². The molecule has 0 aliphatic heterocycles. The number of pyridine rings is 1. The van der Waals surface area contributed by atoms with Gasteiger partial charge < -0.3 is 0 Å².